The van der Waals surface area contributed by atoms with Crippen LogP contribution in [-0.4, -0.2) is 30.6 Å². The summed E-state index contributed by atoms with van der Waals surface area (Å²) >= 11 is 3.51. The molecule has 3 aliphatic heterocycles. The van der Waals surface area contributed by atoms with E-state index in [1.807, 2.05) is 42.5 Å². The summed E-state index contributed by atoms with van der Waals surface area (Å²) in [7, 11) is 0. The zero-order chi connectivity index (χ0) is 20.3. The van der Waals surface area contributed by atoms with Crippen molar-refractivity contribution in [3.8, 4) is 11.5 Å². The number of alkyl halides is 3. The highest BCUT2D eigenvalue weighted by molar-refractivity contribution is 9.10. The lowest BCUT2D eigenvalue weighted by molar-refractivity contribution is -0.170. The standard InChI is InChI=1S/C21H18BrF3N2O2/c22-11-7-8-16-14(10-11)27-9-3-5-13(17-18(26-17)20(28)21(23,24)25)19(27)12-4-1-2-6-15(12)29-16/h1-2,4,6-8,10,13,17-19,26H,3,5,9H2/t13-,17?,18?,19-/m1/s1. The van der Waals surface area contributed by atoms with Crippen molar-refractivity contribution >= 4 is 27.4 Å². The van der Waals surface area contributed by atoms with Gasteiger partial charge in [-0.1, -0.05) is 34.1 Å². The summed E-state index contributed by atoms with van der Waals surface area (Å²) in [5.41, 5.74) is 1.85. The van der Waals surface area contributed by atoms with Crippen LogP contribution < -0.4 is 15.0 Å². The summed E-state index contributed by atoms with van der Waals surface area (Å²) in [5.74, 6) is -0.388. The van der Waals surface area contributed by atoms with Gasteiger partial charge in [-0.2, -0.15) is 13.2 Å². The number of carbonyl (C=O) groups is 1. The summed E-state index contributed by atoms with van der Waals surface area (Å²) in [6, 6.07) is 11.6. The second kappa shape index (κ2) is 6.74. The third-order valence-electron chi connectivity index (χ3n) is 6.01. The van der Waals surface area contributed by atoms with Crippen LogP contribution in [0.25, 0.3) is 0 Å². The van der Waals surface area contributed by atoms with Gasteiger partial charge in [0.05, 0.1) is 17.8 Å². The molecule has 0 saturated carbocycles. The van der Waals surface area contributed by atoms with Gasteiger partial charge in [0.2, 0.25) is 0 Å². The van der Waals surface area contributed by atoms with Crippen LogP contribution in [0.15, 0.2) is 46.9 Å². The second-order valence-corrected chi connectivity index (χ2v) is 8.64. The Balaban J connectivity index is 1.57. The van der Waals surface area contributed by atoms with Gasteiger partial charge in [-0.15, -0.1) is 0 Å². The molecule has 0 amide bonds. The Morgan fingerprint density at radius 3 is 2.76 bits per heavy atom. The van der Waals surface area contributed by atoms with E-state index >= 15 is 0 Å². The fourth-order valence-corrected chi connectivity index (χ4v) is 5.09. The molecule has 0 spiro atoms. The lowest BCUT2D eigenvalue weighted by Crippen LogP contribution is -2.42. The zero-order valence-corrected chi connectivity index (χ0v) is 16.8. The van der Waals surface area contributed by atoms with Crippen LogP contribution in [-0.2, 0) is 4.79 Å². The number of piperidine rings is 1. The maximum atomic E-state index is 12.9. The second-order valence-electron chi connectivity index (χ2n) is 7.73. The van der Waals surface area contributed by atoms with Crippen LogP contribution in [0.5, 0.6) is 11.5 Å². The zero-order valence-electron chi connectivity index (χ0n) is 15.2. The van der Waals surface area contributed by atoms with E-state index in [0.29, 0.717) is 5.75 Å². The number of hydrogen-bond donors (Lipinski definition) is 1. The number of halogens is 4. The van der Waals surface area contributed by atoms with Gasteiger partial charge in [0.1, 0.15) is 5.75 Å². The summed E-state index contributed by atoms with van der Waals surface area (Å²) in [6.45, 7) is 0.771. The SMILES string of the molecule is O=C(C1NC1[C@H]1CCCN2c3cc(Br)ccc3Oc3ccccc3[C@H]12)C(F)(F)F. The molecule has 4 atom stereocenters. The molecule has 2 fully saturated rings. The Morgan fingerprint density at radius 1 is 1.17 bits per heavy atom. The Morgan fingerprint density at radius 2 is 1.97 bits per heavy atom. The van der Waals surface area contributed by atoms with E-state index < -0.39 is 24.0 Å². The number of ether oxygens (including phenoxy) is 1. The lowest BCUT2D eigenvalue weighted by atomic mass is 9.80. The number of benzene rings is 2. The van der Waals surface area contributed by atoms with Gasteiger partial charge in [-0.3, -0.25) is 4.79 Å². The Kier molecular flexibility index (Phi) is 4.40. The molecule has 0 aliphatic carbocycles. The predicted octanol–water partition coefficient (Wildman–Crippen LogP) is 4.98. The van der Waals surface area contributed by atoms with Gasteiger partial charge >= 0.3 is 6.18 Å². The molecule has 2 unspecified atom stereocenters. The Hall–Kier alpha value is -2.06. The van der Waals surface area contributed by atoms with Crippen LogP contribution in [0.2, 0.25) is 0 Å². The summed E-state index contributed by atoms with van der Waals surface area (Å²) in [4.78, 5) is 14.0. The maximum absolute atomic E-state index is 12.9. The molecule has 4 nitrogen and oxygen atoms in total. The molecule has 0 radical (unpaired) electrons. The van der Waals surface area contributed by atoms with E-state index in [1.165, 1.54) is 0 Å². The number of para-hydroxylation sites is 1. The van der Waals surface area contributed by atoms with E-state index in [-0.39, 0.29) is 12.0 Å². The number of hydrogen-bond acceptors (Lipinski definition) is 4. The van der Waals surface area contributed by atoms with Crippen molar-refractivity contribution in [1.82, 2.24) is 5.32 Å². The monoisotopic (exact) mass is 466 g/mol. The third kappa shape index (κ3) is 3.22. The lowest BCUT2D eigenvalue weighted by Gasteiger charge is -2.42. The highest BCUT2D eigenvalue weighted by Gasteiger charge is 2.58. The number of nitrogens with zero attached hydrogens (tertiary/aromatic N) is 1. The van der Waals surface area contributed by atoms with Crippen LogP contribution in [0.3, 0.4) is 0 Å². The Labute approximate surface area is 174 Å². The number of anilines is 1. The predicted molar refractivity (Wildman–Crippen MR) is 105 cm³/mol. The maximum Gasteiger partial charge on any atom is 0.451 e. The van der Waals surface area contributed by atoms with Crippen molar-refractivity contribution in [2.24, 2.45) is 5.92 Å². The van der Waals surface area contributed by atoms with Gasteiger partial charge in [0, 0.05) is 28.5 Å². The van der Waals surface area contributed by atoms with E-state index in [0.717, 1.165) is 40.9 Å². The number of nitrogens with one attached hydrogen (secondary N) is 1. The number of ketones is 1. The third-order valence-corrected chi connectivity index (χ3v) is 6.50. The number of carbonyl (C=O) groups excluding carboxylic acids is 1. The molecule has 29 heavy (non-hydrogen) atoms. The fourth-order valence-electron chi connectivity index (χ4n) is 4.75. The molecule has 3 aliphatic rings. The van der Waals surface area contributed by atoms with Gasteiger partial charge in [-0.25, -0.2) is 0 Å². The van der Waals surface area contributed by atoms with E-state index in [1.54, 1.807) is 0 Å². The van der Waals surface area contributed by atoms with Crippen LogP contribution in [0.4, 0.5) is 18.9 Å². The first kappa shape index (κ1) is 18.9. The van der Waals surface area contributed by atoms with Crippen LogP contribution >= 0.6 is 15.9 Å². The number of Topliss-reactive ketones (excluding diaryl/α,β-unsaturated/α-hetero) is 1. The minimum absolute atomic E-state index is 0.130. The van der Waals surface area contributed by atoms with Crippen LogP contribution in [0.1, 0.15) is 24.4 Å². The molecular weight excluding hydrogens is 449 g/mol. The quantitative estimate of drug-likeness (QED) is 0.633. The highest BCUT2D eigenvalue weighted by atomic mass is 79.9. The molecule has 5 rings (SSSR count). The van der Waals surface area contributed by atoms with Gasteiger partial charge in [0.25, 0.3) is 5.78 Å². The van der Waals surface area contributed by atoms with Gasteiger partial charge in [0.15, 0.2) is 5.75 Å². The molecule has 3 heterocycles. The molecule has 8 heteroatoms. The van der Waals surface area contributed by atoms with Crippen molar-refractivity contribution in [2.45, 2.75) is 37.1 Å². The van der Waals surface area contributed by atoms with Gasteiger partial charge in [-0.05, 0) is 37.1 Å². The molecule has 2 aromatic rings. The summed E-state index contributed by atoms with van der Waals surface area (Å²) in [6.07, 6.45) is -3.23. The molecule has 152 valence electrons. The van der Waals surface area contributed by atoms with Crippen molar-refractivity contribution in [1.29, 1.82) is 0 Å². The minimum Gasteiger partial charge on any atom is -0.455 e. The molecule has 2 aromatic carbocycles. The van der Waals surface area contributed by atoms with Crippen molar-refractivity contribution in [2.75, 3.05) is 11.4 Å². The van der Waals surface area contributed by atoms with Crippen molar-refractivity contribution in [3.63, 3.8) is 0 Å². The van der Waals surface area contributed by atoms with E-state index in [2.05, 4.69) is 26.1 Å². The minimum atomic E-state index is -4.82. The Bertz CT molecular complexity index is 981. The molecule has 0 bridgehead atoms. The van der Waals surface area contributed by atoms with E-state index in [4.69, 9.17) is 4.74 Å². The van der Waals surface area contributed by atoms with Crippen molar-refractivity contribution < 1.29 is 22.7 Å². The average molecular weight is 467 g/mol. The van der Waals surface area contributed by atoms with Crippen molar-refractivity contribution in [3.05, 3.63) is 52.5 Å². The molecule has 0 aromatic heterocycles. The van der Waals surface area contributed by atoms with Gasteiger partial charge < -0.3 is 15.0 Å². The first-order chi connectivity index (χ1) is 13.8. The molecule has 2 saturated heterocycles. The normalized spacial score (nSPS) is 27.8. The first-order valence-electron chi connectivity index (χ1n) is 9.54. The number of fused-ring (bicyclic) bond motifs is 5. The van der Waals surface area contributed by atoms with E-state index in [9.17, 15) is 18.0 Å². The van der Waals surface area contributed by atoms with Crippen LogP contribution in [0, 0.1) is 5.92 Å². The first-order valence-corrected chi connectivity index (χ1v) is 10.3. The smallest absolute Gasteiger partial charge is 0.451 e. The highest BCUT2D eigenvalue weighted by Crippen LogP contribution is 2.52. The topological polar surface area (TPSA) is 51.5 Å². The summed E-state index contributed by atoms with van der Waals surface area (Å²) < 4.78 is 45.9. The molecule has 1 N–H and O–H groups in total. The molecular formula is C21H18BrF3N2O2. The number of rotatable bonds is 2. The largest absolute Gasteiger partial charge is 0.455 e. The average Bonchev–Trinajstić information content (AvgIpc) is 3.49. The summed E-state index contributed by atoms with van der Waals surface area (Å²) in [5, 5.41) is 2.82. The fraction of sp³-hybridized carbons (Fsp3) is 0.381.